The maximum absolute atomic E-state index is 5.83. The Bertz CT molecular complexity index is 469. The number of hydrogen-bond acceptors (Lipinski definition) is 3. The van der Waals surface area contributed by atoms with Crippen LogP contribution in [-0.2, 0) is 0 Å². The van der Waals surface area contributed by atoms with E-state index in [0.717, 1.165) is 35.0 Å². The number of nitrogens with two attached hydrogens (primary N) is 1. The minimum Gasteiger partial charge on any atom is -0.389 e. The summed E-state index contributed by atoms with van der Waals surface area (Å²) in [6, 6.07) is 2.39. The van der Waals surface area contributed by atoms with Crippen molar-refractivity contribution in [2.75, 3.05) is 5.32 Å². The van der Waals surface area contributed by atoms with Gasteiger partial charge in [-0.15, -0.1) is 0 Å². The van der Waals surface area contributed by atoms with Gasteiger partial charge < -0.3 is 11.1 Å². The molecule has 0 fully saturated rings. The molecule has 3 nitrogen and oxygen atoms in total. The summed E-state index contributed by atoms with van der Waals surface area (Å²) in [6.45, 7) is 10.7. The molecular formula is C16H27N3S. The van der Waals surface area contributed by atoms with Crippen molar-refractivity contribution in [3.63, 3.8) is 0 Å². The molecule has 0 aromatic carbocycles. The molecule has 0 saturated heterocycles. The van der Waals surface area contributed by atoms with Crippen LogP contribution in [0.4, 0.5) is 5.82 Å². The van der Waals surface area contributed by atoms with Crippen LogP contribution in [0.25, 0.3) is 0 Å². The number of pyridine rings is 1. The van der Waals surface area contributed by atoms with Gasteiger partial charge >= 0.3 is 0 Å². The van der Waals surface area contributed by atoms with E-state index in [4.69, 9.17) is 18.0 Å². The van der Waals surface area contributed by atoms with Crippen molar-refractivity contribution in [3.8, 4) is 0 Å². The van der Waals surface area contributed by atoms with Crippen molar-refractivity contribution < 1.29 is 0 Å². The first-order valence-corrected chi connectivity index (χ1v) is 7.76. The van der Waals surface area contributed by atoms with Gasteiger partial charge in [-0.1, -0.05) is 38.9 Å². The predicted molar refractivity (Wildman–Crippen MR) is 91.4 cm³/mol. The standard InChI is InChI=1S/C16H27N3S/c1-10(2)7-6-8-12(4)18-16-14(15(17)20)11(3)9-13(5)19-16/h9-10,12H,6-8H2,1-5H3,(H2,17,20)(H,18,19). The molecule has 1 heterocycles. The first-order chi connectivity index (χ1) is 9.31. The Balaban J connectivity index is 2.78. The third-order valence-corrected chi connectivity index (χ3v) is 3.60. The third-order valence-electron chi connectivity index (χ3n) is 3.39. The van der Waals surface area contributed by atoms with Crippen LogP contribution < -0.4 is 11.1 Å². The normalized spacial score (nSPS) is 12.5. The third kappa shape index (κ3) is 5.08. The summed E-state index contributed by atoms with van der Waals surface area (Å²) in [5.41, 5.74) is 8.78. The Kier molecular flexibility index (Phi) is 6.40. The van der Waals surface area contributed by atoms with E-state index in [9.17, 15) is 0 Å². The van der Waals surface area contributed by atoms with Gasteiger partial charge in [0.25, 0.3) is 0 Å². The molecule has 1 aromatic rings. The predicted octanol–water partition coefficient (Wildman–Crippen LogP) is 3.96. The average molecular weight is 293 g/mol. The molecule has 1 unspecified atom stereocenters. The average Bonchev–Trinajstić information content (AvgIpc) is 2.26. The molecule has 4 heteroatoms. The van der Waals surface area contributed by atoms with E-state index in [1.165, 1.54) is 12.8 Å². The molecule has 1 rings (SSSR count). The molecule has 0 spiro atoms. The Hall–Kier alpha value is -1.16. The second kappa shape index (κ2) is 7.58. The smallest absolute Gasteiger partial charge is 0.136 e. The van der Waals surface area contributed by atoms with Crippen molar-refractivity contribution in [1.82, 2.24) is 4.98 Å². The number of nitrogens with one attached hydrogen (secondary N) is 1. The van der Waals surface area contributed by atoms with Gasteiger partial charge in [0, 0.05) is 11.7 Å². The molecule has 1 aromatic heterocycles. The van der Waals surface area contributed by atoms with Crippen LogP contribution >= 0.6 is 12.2 Å². The fraction of sp³-hybridized carbons (Fsp3) is 0.625. The highest BCUT2D eigenvalue weighted by atomic mass is 32.1. The zero-order valence-electron chi connectivity index (χ0n) is 13.3. The number of aromatic nitrogens is 1. The SMILES string of the molecule is Cc1cc(C)c(C(N)=S)c(NC(C)CCCC(C)C)n1. The van der Waals surface area contributed by atoms with E-state index in [0.29, 0.717) is 11.0 Å². The van der Waals surface area contributed by atoms with Gasteiger partial charge in [0.05, 0.1) is 5.56 Å². The second-order valence-corrected chi connectivity index (χ2v) is 6.48. The van der Waals surface area contributed by atoms with Crippen molar-refractivity contribution in [1.29, 1.82) is 0 Å². The van der Waals surface area contributed by atoms with Crippen LogP contribution in [0.5, 0.6) is 0 Å². The highest BCUT2D eigenvalue weighted by molar-refractivity contribution is 7.80. The van der Waals surface area contributed by atoms with Gasteiger partial charge in [-0.3, -0.25) is 0 Å². The molecule has 20 heavy (non-hydrogen) atoms. The van der Waals surface area contributed by atoms with Crippen molar-refractivity contribution in [3.05, 3.63) is 22.9 Å². The summed E-state index contributed by atoms with van der Waals surface area (Å²) in [5.74, 6) is 1.58. The van der Waals surface area contributed by atoms with Crippen LogP contribution in [-0.4, -0.2) is 16.0 Å². The van der Waals surface area contributed by atoms with Crippen LogP contribution in [0.2, 0.25) is 0 Å². The molecule has 112 valence electrons. The summed E-state index contributed by atoms with van der Waals surface area (Å²) in [6.07, 6.45) is 3.61. The zero-order chi connectivity index (χ0) is 15.3. The molecule has 0 bridgehead atoms. The number of aryl methyl sites for hydroxylation is 2. The lowest BCUT2D eigenvalue weighted by Crippen LogP contribution is -2.22. The summed E-state index contributed by atoms with van der Waals surface area (Å²) in [7, 11) is 0. The second-order valence-electron chi connectivity index (χ2n) is 6.04. The molecule has 1 atom stereocenters. The van der Waals surface area contributed by atoms with Crippen LogP contribution in [0.3, 0.4) is 0 Å². The van der Waals surface area contributed by atoms with Crippen molar-refractivity contribution in [2.45, 2.75) is 59.9 Å². The largest absolute Gasteiger partial charge is 0.389 e. The van der Waals surface area contributed by atoms with Gasteiger partial charge in [0.1, 0.15) is 10.8 Å². The quantitative estimate of drug-likeness (QED) is 0.747. The van der Waals surface area contributed by atoms with E-state index >= 15 is 0 Å². The molecule has 3 N–H and O–H groups in total. The lowest BCUT2D eigenvalue weighted by atomic mass is 10.0. The van der Waals surface area contributed by atoms with Crippen LogP contribution in [0.1, 0.15) is 56.9 Å². The number of thiocarbonyl (C=S) groups is 1. The number of nitrogens with zero attached hydrogens (tertiary/aromatic N) is 1. The van der Waals surface area contributed by atoms with Crippen molar-refractivity contribution >= 4 is 23.0 Å². The fourth-order valence-corrected chi connectivity index (χ4v) is 2.65. The fourth-order valence-electron chi connectivity index (χ4n) is 2.39. The lowest BCUT2D eigenvalue weighted by Gasteiger charge is -2.19. The molecule has 0 saturated carbocycles. The Morgan fingerprint density at radius 1 is 1.30 bits per heavy atom. The Morgan fingerprint density at radius 2 is 1.95 bits per heavy atom. The van der Waals surface area contributed by atoms with E-state index < -0.39 is 0 Å². The number of hydrogen-bond donors (Lipinski definition) is 2. The van der Waals surface area contributed by atoms with E-state index in [-0.39, 0.29) is 0 Å². The van der Waals surface area contributed by atoms with Gasteiger partial charge in [0.15, 0.2) is 0 Å². The first-order valence-electron chi connectivity index (χ1n) is 7.35. The lowest BCUT2D eigenvalue weighted by molar-refractivity contribution is 0.520. The number of rotatable bonds is 7. The molecular weight excluding hydrogens is 266 g/mol. The summed E-state index contributed by atoms with van der Waals surface area (Å²) in [4.78, 5) is 4.97. The molecule has 0 aliphatic rings. The first kappa shape index (κ1) is 16.9. The maximum atomic E-state index is 5.83. The highest BCUT2D eigenvalue weighted by Gasteiger charge is 2.13. The minimum atomic E-state index is 0.371. The monoisotopic (exact) mass is 293 g/mol. The van der Waals surface area contributed by atoms with Crippen LogP contribution in [0, 0.1) is 19.8 Å². The number of anilines is 1. The topological polar surface area (TPSA) is 50.9 Å². The molecule has 0 aliphatic heterocycles. The zero-order valence-corrected chi connectivity index (χ0v) is 14.1. The van der Waals surface area contributed by atoms with Gasteiger partial charge in [-0.2, -0.15) is 0 Å². The van der Waals surface area contributed by atoms with Crippen LogP contribution in [0.15, 0.2) is 6.07 Å². The highest BCUT2D eigenvalue weighted by Crippen LogP contribution is 2.20. The summed E-state index contributed by atoms with van der Waals surface area (Å²) in [5, 5.41) is 3.47. The van der Waals surface area contributed by atoms with Gasteiger partial charge in [0.2, 0.25) is 0 Å². The maximum Gasteiger partial charge on any atom is 0.136 e. The molecule has 0 aliphatic carbocycles. The summed E-state index contributed by atoms with van der Waals surface area (Å²) < 4.78 is 0. The molecule has 0 radical (unpaired) electrons. The summed E-state index contributed by atoms with van der Waals surface area (Å²) >= 11 is 5.15. The van der Waals surface area contributed by atoms with Gasteiger partial charge in [-0.25, -0.2) is 4.98 Å². The van der Waals surface area contributed by atoms with E-state index in [1.807, 2.05) is 19.9 Å². The Labute approximate surface area is 128 Å². The molecule has 0 amide bonds. The Morgan fingerprint density at radius 3 is 2.50 bits per heavy atom. The van der Waals surface area contributed by atoms with Crippen molar-refractivity contribution in [2.24, 2.45) is 11.7 Å². The minimum absolute atomic E-state index is 0.371. The van der Waals surface area contributed by atoms with E-state index in [2.05, 4.69) is 31.1 Å². The van der Waals surface area contributed by atoms with E-state index in [1.54, 1.807) is 0 Å². The van der Waals surface area contributed by atoms with Gasteiger partial charge in [-0.05, 0) is 44.7 Å².